The van der Waals surface area contributed by atoms with Crippen LogP contribution in [0.25, 0.3) is 10.9 Å². The van der Waals surface area contributed by atoms with E-state index in [0.29, 0.717) is 17.7 Å². The molecule has 5 nitrogen and oxygen atoms in total. The van der Waals surface area contributed by atoms with Gasteiger partial charge in [0, 0.05) is 22.9 Å². The number of aryl methyl sites for hydroxylation is 2. The topological polar surface area (TPSA) is 71.7 Å². The van der Waals surface area contributed by atoms with Gasteiger partial charge in [0.25, 0.3) is 0 Å². The normalized spacial score (nSPS) is 11.0. The summed E-state index contributed by atoms with van der Waals surface area (Å²) in [6.45, 7) is 1.69. The van der Waals surface area contributed by atoms with Crippen LogP contribution >= 0.6 is 11.9 Å². The van der Waals surface area contributed by atoms with E-state index in [4.69, 9.17) is 5.11 Å². The van der Waals surface area contributed by atoms with Crippen LogP contribution in [0.4, 0.5) is 10.1 Å². The molecule has 25 heavy (non-hydrogen) atoms. The quantitative estimate of drug-likeness (QED) is 0.625. The second-order valence-electron chi connectivity index (χ2n) is 5.67. The van der Waals surface area contributed by atoms with E-state index in [9.17, 15) is 14.1 Å². The zero-order chi connectivity index (χ0) is 18.0. The lowest BCUT2D eigenvalue weighted by molar-refractivity contribution is -0.136. The van der Waals surface area contributed by atoms with Gasteiger partial charge in [0.2, 0.25) is 0 Å². The lowest BCUT2D eigenvalue weighted by atomic mass is 10.1. The van der Waals surface area contributed by atoms with Crippen molar-refractivity contribution in [3.05, 3.63) is 64.4 Å². The zero-order valence-electron chi connectivity index (χ0n) is 13.4. The number of fused-ring (bicyclic) bond motifs is 1. The Morgan fingerprint density at radius 2 is 2.08 bits per heavy atom. The lowest BCUT2D eigenvalue weighted by Gasteiger charge is -2.06. The van der Waals surface area contributed by atoms with Gasteiger partial charge in [0.15, 0.2) is 0 Å². The molecular formula is C18H15FN2O3S. The standard InChI is InChI=1S/C18H15FN2O3S/c1-11-8-14(4-6-16(11)19)25-21-10-12(2-7-18(22)23)15-5-3-13(20-24)9-17(15)21/h3-6,8-10H,2,7H2,1H3,(H,22,23). The SMILES string of the molecule is Cc1cc(Sn2cc(CCC(=O)O)c3ccc(N=O)cc32)ccc1F. The molecule has 0 atom stereocenters. The molecule has 0 aliphatic carbocycles. The molecule has 0 aliphatic rings. The first kappa shape index (κ1) is 17.2. The molecule has 1 N–H and O–H groups in total. The Bertz CT molecular complexity index is 968. The van der Waals surface area contributed by atoms with Gasteiger partial charge in [0.1, 0.15) is 11.5 Å². The number of hydrogen-bond donors (Lipinski definition) is 1. The van der Waals surface area contributed by atoms with E-state index in [0.717, 1.165) is 21.4 Å². The van der Waals surface area contributed by atoms with Crippen molar-refractivity contribution in [2.24, 2.45) is 5.18 Å². The van der Waals surface area contributed by atoms with Gasteiger partial charge in [-0.3, -0.25) is 8.77 Å². The second kappa shape index (κ2) is 7.06. The van der Waals surface area contributed by atoms with Crippen LogP contribution in [0.1, 0.15) is 17.5 Å². The molecule has 0 bridgehead atoms. The Kier molecular flexibility index (Phi) is 4.85. The molecule has 0 fully saturated rings. The van der Waals surface area contributed by atoms with Gasteiger partial charge in [-0.2, -0.15) is 0 Å². The smallest absolute Gasteiger partial charge is 0.303 e. The van der Waals surface area contributed by atoms with Crippen molar-refractivity contribution in [2.75, 3.05) is 0 Å². The zero-order valence-corrected chi connectivity index (χ0v) is 14.2. The maximum atomic E-state index is 13.5. The molecule has 0 radical (unpaired) electrons. The Hall–Kier alpha value is -2.67. The average molecular weight is 358 g/mol. The molecule has 0 amide bonds. The summed E-state index contributed by atoms with van der Waals surface area (Å²) >= 11 is 1.37. The summed E-state index contributed by atoms with van der Waals surface area (Å²) in [6.07, 6.45) is 2.26. The summed E-state index contributed by atoms with van der Waals surface area (Å²) < 4.78 is 15.3. The van der Waals surface area contributed by atoms with Crippen molar-refractivity contribution in [1.29, 1.82) is 0 Å². The van der Waals surface area contributed by atoms with Crippen LogP contribution in [0.2, 0.25) is 0 Å². The first-order chi connectivity index (χ1) is 12.0. The van der Waals surface area contributed by atoms with Crippen molar-refractivity contribution in [3.8, 4) is 0 Å². The molecule has 0 saturated heterocycles. The average Bonchev–Trinajstić information content (AvgIpc) is 2.93. The number of nitrogens with zero attached hydrogens (tertiary/aromatic N) is 2. The summed E-state index contributed by atoms with van der Waals surface area (Å²) in [5.74, 6) is -1.13. The van der Waals surface area contributed by atoms with E-state index in [1.54, 1.807) is 37.3 Å². The number of benzene rings is 2. The Morgan fingerprint density at radius 3 is 2.76 bits per heavy atom. The highest BCUT2D eigenvalue weighted by molar-refractivity contribution is 7.98. The first-order valence-electron chi connectivity index (χ1n) is 7.61. The molecule has 0 spiro atoms. The maximum Gasteiger partial charge on any atom is 0.303 e. The third-order valence-corrected chi connectivity index (χ3v) is 4.85. The molecule has 3 aromatic rings. The second-order valence-corrected chi connectivity index (χ2v) is 6.72. The number of carboxylic acid groups (broad SMARTS) is 1. The molecule has 2 aromatic carbocycles. The molecule has 7 heteroatoms. The molecular weight excluding hydrogens is 343 g/mol. The fourth-order valence-electron chi connectivity index (χ4n) is 2.62. The fourth-order valence-corrected chi connectivity index (χ4v) is 3.63. The van der Waals surface area contributed by atoms with Crippen LogP contribution in [0.15, 0.2) is 52.7 Å². The third kappa shape index (κ3) is 3.71. The van der Waals surface area contributed by atoms with Gasteiger partial charge < -0.3 is 5.11 Å². The Balaban J connectivity index is 2.03. The van der Waals surface area contributed by atoms with E-state index >= 15 is 0 Å². The first-order valence-corrected chi connectivity index (χ1v) is 8.39. The van der Waals surface area contributed by atoms with E-state index in [1.165, 1.54) is 18.0 Å². The van der Waals surface area contributed by atoms with E-state index in [-0.39, 0.29) is 12.2 Å². The number of aliphatic carboxylic acids is 1. The number of halogens is 1. The highest BCUT2D eigenvalue weighted by Gasteiger charge is 2.12. The largest absolute Gasteiger partial charge is 0.481 e. The van der Waals surface area contributed by atoms with Crippen molar-refractivity contribution < 1.29 is 14.3 Å². The van der Waals surface area contributed by atoms with E-state index in [1.807, 2.05) is 10.2 Å². The molecule has 0 saturated carbocycles. The van der Waals surface area contributed by atoms with Crippen molar-refractivity contribution in [3.63, 3.8) is 0 Å². The van der Waals surface area contributed by atoms with Crippen LogP contribution in [-0.4, -0.2) is 15.0 Å². The van der Waals surface area contributed by atoms with Gasteiger partial charge in [-0.15, -0.1) is 4.91 Å². The van der Waals surface area contributed by atoms with Crippen molar-refractivity contribution >= 4 is 34.5 Å². The van der Waals surface area contributed by atoms with Crippen LogP contribution in [0.3, 0.4) is 0 Å². The van der Waals surface area contributed by atoms with Gasteiger partial charge in [-0.25, -0.2) is 4.39 Å². The third-order valence-electron chi connectivity index (χ3n) is 3.88. The van der Waals surface area contributed by atoms with Gasteiger partial charge in [-0.05, 0) is 71.9 Å². The summed E-state index contributed by atoms with van der Waals surface area (Å²) in [4.78, 5) is 22.5. The molecule has 0 aliphatic heterocycles. The summed E-state index contributed by atoms with van der Waals surface area (Å²) in [7, 11) is 0. The van der Waals surface area contributed by atoms with Gasteiger partial charge in [-0.1, -0.05) is 6.07 Å². The highest BCUT2D eigenvalue weighted by atomic mass is 32.2. The minimum Gasteiger partial charge on any atom is -0.481 e. The molecule has 1 aromatic heterocycles. The lowest BCUT2D eigenvalue weighted by Crippen LogP contribution is -1.96. The molecule has 1 heterocycles. The van der Waals surface area contributed by atoms with Crippen LogP contribution in [0.5, 0.6) is 0 Å². The number of nitroso groups, excluding NO2 is 1. The molecule has 128 valence electrons. The Labute approximate surface area is 147 Å². The van der Waals surface area contributed by atoms with Crippen LogP contribution < -0.4 is 0 Å². The van der Waals surface area contributed by atoms with Gasteiger partial charge in [0.05, 0.1) is 5.52 Å². The fraction of sp³-hybridized carbons (Fsp3) is 0.167. The van der Waals surface area contributed by atoms with Crippen LogP contribution in [0, 0.1) is 17.6 Å². The number of rotatable bonds is 6. The maximum absolute atomic E-state index is 13.5. The molecule has 0 unspecified atom stereocenters. The summed E-state index contributed by atoms with van der Waals surface area (Å²) in [5, 5.41) is 12.8. The monoisotopic (exact) mass is 358 g/mol. The van der Waals surface area contributed by atoms with Crippen molar-refractivity contribution in [2.45, 2.75) is 24.7 Å². The number of aromatic nitrogens is 1. The number of carboxylic acids is 1. The van der Waals surface area contributed by atoms with Crippen molar-refractivity contribution in [1.82, 2.24) is 3.97 Å². The van der Waals surface area contributed by atoms with Gasteiger partial charge >= 0.3 is 5.97 Å². The number of carbonyl (C=O) groups is 1. The summed E-state index contributed by atoms with van der Waals surface area (Å²) in [5.41, 5.74) is 2.49. The molecule has 3 rings (SSSR count). The predicted octanol–water partition coefficient (Wildman–Crippen LogP) is 5.06. The summed E-state index contributed by atoms with van der Waals surface area (Å²) in [6, 6.07) is 9.87. The van der Waals surface area contributed by atoms with E-state index < -0.39 is 5.97 Å². The van der Waals surface area contributed by atoms with E-state index in [2.05, 4.69) is 5.18 Å². The number of hydrogen-bond acceptors (Lipinski definition) is 4. The Morgan fingerprint density at radius 1 is 1.28 bits per heavy atom. The predicted molar refractivity (Wildman–Crippen MR) is 95.7 cm³/mol. The minimum atomic E-state index is -0.867. The minimum absolute atomic E-state index is 0.0210. The van der Waals surface area contributed by atoms with Crippen LogP contribution in [-0.2, 0) is 11.2 Å². The highest BCUT2D eigenvalue weighted by Crippen LogP contribution is 2.33.